The van der Waals surface area contributed by atoms with Crippen molar-refractivity contribution in [2.45, 2.75) is 188 Å². The molecule has 0 aromatic carbocycles. The van der Waals surface area contributed by atoms with Crippen LogP contribution in [0.2, 0.25) is 0 Å². The number of ether oxygens (including phenoxy) is 3. The topological polar surface area (TPSA) is 132 Å². The molecular formula is C48H89N2O8P. The first-order chi connectivity index (χ1) is 28.2. The average molecular weight is 853 g/mol. The number of hydrogen-bond acceptors (Lipinski definition) is 7. The molecule has 0 aliphatic heterocycles. The van der Waals surface area contributed by atoms with Gasteiger partial charge in [-0.05, 0) is 138 Å². The normalized spacial score (nSPS) is 29.5. The van der Waals surface area contributed by atoms with E-state index in [4.69, 9.17) is 18.7 Å². The second kappa shape index (κ2) is 25.3. The predicted molar refractivity (Wildman–Crippen MR) is 238 cm³/mol. The Morgan fingerprint density at radius 2 is 1.24 bits per heavy atom. The van der Waals surface area contributed by atoms with Crippen LogP contribution in [-0.4, -0.2) is 81.2 Å². The molecule has 11 heteroatoms. The summed E-state index contributed by atoms with van der Waals surface area (Å²) in [5, 5.41) is 5.35. The molecule has 10 nitrogen and oxygen atoms in total. The summed E-state index contributed by atoms with van der Waals surface area (Å²) >= 11 is 0. The standard InChI is InChI=1S/C48H89N2O8P/c1-38(41-23-24-42-40-22-21-39-18-15-16-27-47(39,5)43(40)26-28-48(41,42)6)20-25-45(52)49-29-17-13-11-9-7-8-10-12-14-19-44(51)50-30-31-55-32-33-56-34-35-57-36-37-58-59(53,54)46(2,3)4/h38-43H,7-37H2,1-6H3,(H,49,52)(H,50,51)(H,53,54)/t38-,39?,40?,41?,42?,43?,47+,48-/m1/s1. The Kier molecular flexibility index (Phi) is 21.7. The van der Waals surface area contributed by atoms with E-state index in [1.807, 2.05) is 0 Å². The highest BCUT2D eigenvalue weighted by Gasteiger charge is 2.60. The quantitative estimate of drug-likeness (QED) is 0.0501. The summed E-state index contributed by atoms with van der Waals surface area (Å²) in [7, 11) is -3.65. The fourth-order valence-electron chi connectivity index (χ4n) is 12.1. The largest absolute Gasteiger partial charge is 0.377 e. The van der Waals surface area contributed by atoms with Crippen molar-refractivity contribution in [3.05, 3.63) is 0 Å². The highest BCUT2D eigenvalue weighted by molar-refractivity contribution is 7.54. The molecule has 4 aliphatic carbocycles. The fraction of sp³-hybridized carbons (Fsp3) is 0.958. The summed E-state index contributed by atoms with van der Waals surface area (Å²) < 4.78 is 33.4. The number of hydrogen-bond donors (Lipinski definition) is 3. The van der Waals surface area contributed by atoms with Crippen molar-refractivity contribution in [1.82, 2.24) is 10.6 Å². The van der Waals surface area contributed by atoms with Gasteiger partial charge in [-0.2, -0.15) is 0 Å². The fourth-order valence-corrected chi connectivity index (χ4v) is 12.8. The molecule has 4 saturated carbocycles. The molecule has 4 fully saturated rings. The molecule has 0 radical (unpaired) electrons. The van der Waals surface area contributed by atoms with Crippen LogP contribution >= 0.6 is 7.60 Å². The minimum atomic E-state index is -3.65. The number of nitrogens with one attached hydrogen (secondary N) is 2. The Balaban J connectivity index is 0.882. The summed E-state index contributed by atoms with van der Waals surface area (Å²) in [5.74, 6) is 5.62. The number of rotatable bonds is 29. The Morgan fingerprint density at radius 1 is 0.661 bits per heavy atom. The minimum Gasteiger partial charge on any atom is -0.377 e. The van der Waals surface area contributed by atoms with Gasteiger partial charge in [-0.3, -0.25) is 14.2 Å². The van der Waals surface area contributed by atoms with Crippen molar-refractivity contribution in [3.63, 3.8) is 0 Å². The van der Waals surface area contributed by atoms with Crippen molar-refractivity contribution in [1.29, 1.82) is 0 Å². The van der Waals surface area contributed by atoms with Gasteiger partial charge in [0.1, 0.15) is 0 Å². The second-order valence-corrected chi connectivity index (χ2v) is 23.3. The molecule has 0 aromatic rings. The summed E-state index contributed by atoms with van der Waals surface area (Å²) in [6, 6.07) is 0. The number of carbonyl (C=O) groups excluding carboxylic acids is 2. The SMILES string of the molecule is C[C@H](CCC(=O)NCCCCCCCCCCCC(=O)NCCOCCOCCOCCOP(=O)(O)C(C)(C)C)C1CCC2C3CCC4CCCC[C@]4(C)C3CC[C@@]21C. The van der Waals surface area contributed by atoms with Crippen LogP contribution < -0.4 is 10.6 Å². The van der Waals surface area contributed by atoms with Gasteiger partial charge in [0.15, 0.2) is 0 Å². The maximum absolute atomic E-state index is 12.8. The van der Waals surface area contributed by atoms with Crippen LogP contribution in [0, 0.1) is 46.3 Å². The Morgan fingerprint density at radius 3 is 1.92 bits per heavy atom. The van der Waals surface area contributed by atoms with E-state index in [0.29, 0.717) is 69.2 Å². The third kappa shape index (κ3) is 15.6. The predicted octanol–water partition coefficient (Wildman–Crippen LogP) is 10.6. The van der Waals surface area contributed by atoms with E-state index < -0.39 is 12.8 Å². The molecular weight excluding hydrogens is 764 g/mol. The smallest absolute Gasteiger partial charge is 0.333 e. The monoisotopic (exact) mass is 853 g/mol. The zero-order valence-electron chi connectivity index (χ0n) is 38.6. The molecule has 0 spiro atoms. The molecule has 4 rings (SSSR count). The van der Waals surface area contributed by atoms with Gasteiger partial charge in [0.25, 0.3) is 0 Å². The van der Waals surface area contributed by atoms with E-state index in [2.05, 4.69) is 31.4 Å². The average Bonchev–Trinajstić information content (AvgIpc) is 3.55. The highest BCUT2D eigenvalue weighted by atomic mass is 31.2. The third-order valence-electron chi connectivity index (χ3n) is 15.7. The Labute approximate surface area is 360 Å². The molecule has 0 heterocycles. The first-order valence-corrected chi connectivity index (χ1v) is 26.0. The van der Waals surface area contributed by atoms with Gasteiger partial charge in [-0.15, -0.1) is 0 Å². The van der Waals surface area contributed by atoms with Gasteiger partial charge < -0.3 is 34.3 Å². The van der Waals surface area contributed by atoms with Crippen LogP contribution in [0.4, 0.5) is 0 Å². The molecule has 0 aromatic heterocycles. The summed E-state index contributed by atoms with van der Waals surface area (Å²) in [5.41, 5.74) is 1.11. The zero-order valence-corrected chi connectivity index (χ0v) is 39.5. The van der Waals surface area contributed by atoms with Crippen LogP contribution in [0.25, 0.3) is 0 Å². The van der Waals surface area contributed by atoms with Crippen LogP contribution in [0.5, 0.6) is 0 Å². The Bertz CT molecular complexity index is 1280. The minimum absolute atomic E-state index is 0.0599. The first kappa shape index (κ1) is 50.6. The zero-order chi connectivity index (χ0) is 42.8. The van der Waals surface area contributed by atoms with Crippen molar-refractivity contribution < 1.29 is 37.8 Å². The molecule has 6 unspecified atom stereocenters. The van der Waals surface area contributed by atoms with Crippen LogP contribution in [-0.2, 0) is 32.9 Å². The molecule has 0 saturated heterocycles. The van der Waals surface area contributed by atoms with Crippen LogP contribution in [0.15, 0.2) is 0 Å². The van der Waals surface area contributed by atoms with Gasteiger partial charge in [-0.25, -0.2) is 0 Å². The highest BCUT2D eigenvalue weighted by Crippen LogP contribution is 2.68. The summed E-state index contributed by atoms with van der Waals surface area (Å²) in [6.07, 6.45) is 27.3. The van der Waals surface area contributed by atoms with Gasteiger partial charge >= 0.3 is 7.60 Å². The maximum atomic E-state index is 12.8. The van der Waals surface area contributed by atoms with E-state index in [9.17, 15) is 19.0 Å². The van der Waals surface area contributed by atoms with E-state index in [-0.39, 0.29) is 25.0 Å². The third-order valence-corrected chi connectivity index (χ3v) is 18.0. The van der Waals surface area contributed by atoms with Crippen molar-refractivity contribution >= 4 is 19.4 Å². The lowest BCUT2D eigenvalue weighted by molar-refractivity contribution is -0.122. The lowest BCUT2D eigenvalue weighted by atomic mass is 9.44. The second-order valence-electron chi connectivity index (χ2n) is 20.6. The van der Waals surface area contributed by atoms with Gasteiger partial charge in [-0.1, -0.05) is 78.6 Å². The van der Waals surface area contributed by atoms with Crippen molar-refractivity contribution in [2.24, 2.45) is 46.3 Å². The molecule has 59 heavy (non-hydrogen) atoms. The molecule has 0 bridgehead atoms. The lowest BCUT2D eigenvalue weighted by Crippen LogP contribution is -2.53. The van der Waals surface area contributed by atoms with Gasteiger partial charge in [0, 0.05) is 25.9 Å². The van der Waals surface area contributed by atoms with E-state index in [1.54, 1.807) is 20.8 Å². The van der Waals surface area contributed by atoms with Gasteiger partial charge in [0.2, 0.25) is 11.8 Å². The first-order valence-electron chi connectivity index (χ1n) is 24.4. The van der Waals surface area contributed by atoms with Crippen LogP contribution in [0.3, 0.4) is 0 Å². The molecule has 2 amide bonds. The van der Waals surface area contributed by atoms with Crippen LogP contribution in [0.1, 0.15) is 183 Å². The number of unbranched alkanes of at least 4 members (excludes halogenated alkanes) is 8. The number of fused-ring (bicyclic) bond motifs is 5. The number of amides is 2. The molecule has 344 valence electrons. The lowest BCUT2D eigenvalue weighted by Gasteiger charge is -2.61. The molecule has 9 atom stereocenters. The number of carbonyl (C=O) groups is 2. The van der Waals surface area contributed by atoms with E-state index in [1.165, 1.54) is 103 Å². The van der Waals surface area contributed by atoms with E-state index in [0.717, 1.165) is 61.8 Å². The summed E-state index contributed by atoms with van der Waals surface area (Å²) in [4.78, 5) is 34.8. The maximum Gasteiger partial charge on any atom is 0.333 e. The Hall–Kier alpha value is -1.03. The van der Waals surface area contributed by atoms with Crippen molar-refractivity contribution in [3.8, 4) is 0 Å². The van der Waals surface area contributed by atoms with Crippen molar-refractivity contribution in [2.75, 3.05) is 59.3 Å². The van der Waals surface area contributed by atoms with Gasteiger partial charge in [0.05, 0.1) is 51.4 Å². The summed E-state index contributed by atoms with van der Waals surface area (Å²) in [6.45, 7) is 16.5. The molecule has 3 N–H and O–H groups in total. The molecule has 4 aliphatic rings. The van der Waals surface area contributed by atoms with E-state index >= 15 is 0 Å².